The molecule has 2 fully saturated rings. The Hall–Kier alpha value is -2.80. The van der Waals surface area contributed by atoms with Crippen LogP contribution in [0.5, 0.6) is 0 Å². The summed E-state index contributed by atoms with van der Waals surface area (Å²) >= 11 is 1.60. The van der Waals surface area contributed by atoms with E-state index in [2.05, 4.69) is 9.88 Å². The van der Waals surface area contributed by atoms with Crippen molar-refractivity contribution in [3.05, 3.63) is 48.3 Å². The number of allylic oxidation sites excluding steroid dienone is 1. The molecule has 3 N–H and O–H groups in total. The molecule has 1 aliphatic heterocycles. The number of nitrogens with one attached hydrogen (secondary N) is 1. The van der Waals surface area contributed by atoms with E-state index in [-0.39, 0.29) is 5.41 Å². The maximum atomic E-state index is 13.1. The predicted octanol–water partition coefficient (Wildman–Crippen LogP) is 4.25. The first-order valence-electron chi connectivity index (χ1n) is 9.28. The molecular formula is C21H20FN5S. The van der Waals surface area contributed by atoms with Crippen molar-refractivity contribution < 1.29 is 4.39 Å². The number of thiazole rings is 1. The van der Waals surface area contributed by atoms with Crippen LogP contribution in [-0.2, 0) is 0 Å². The van der Waals surface area contributed by atoms with Crippen molar-refractivity contribution in [1.29, 1.82) is 5.41 Å². The number of hydrogen-bond donors (Lipinski definition) is 2. The molecule has 142 valence electrons. The third-order valence-corrected chi connectivity index (χ3v) is 6.80. The van der Waals surface area contributed by atoms with Crippen molar-refractivity contribution >= 4 is 39.2 Å². The minimum absolute atomic E-state index is 0.206. The lowest BCUT2D eigenvalue weighted by atomic mass is 9.62. The number of fused-ring (bicyclic) bond motifs is 1. The van der Waals surface area contributed by atoms with Crippen molar-refractivity contribution in [2.75, 3.05) is 18.0 Å². The van der Waals surface area contributed by atoms with Gasteiger partial charge in [0, 0.05) is 48.3 Å². The van der Waals surface area contributed by atoms with Crippen molar-refractivity contribution in [2.45, 2.75) is 19.0 Å². The number of hydrogen-bond acceptors (Lipinski definition) is 6. The summed E-state index contributed by atoms with van der Waals surface area (Å²) in [6.45, 7) is 1.82. The second kappa shape index (κ2) is 6.38. The van der Waals surface area contributed by atoms with Gasteiger partial charge in [-0.1, -0.05) is 6.07 Å². The molecule has 0 amide bonds. The number of aromatic nitrogens is 2. The van der Waals surface area contributed by atoms with Gasteiger partial charge in [-0.2, -0.15) is 0 Å². The first-order valence-corrected chi connectivity index (χ1v) is 10.1. The van der Waals surface area contributed by atoms with Crippen LogP contribution in [0.3, 0.4) is 0 Å². The Balaban J connectivity index is 1.36. The molecule has 2 aliphatic rings. The van der Waals surface area contributed by atoms with E-state index in [9.17, 15) is 4.39 Å². The second-order valence-corrected chi connectivity index (χ2v) is 8.77. The van der Waals surface area contributed by atoms with E-state index < -0.39 is 6.17 Å². The third kappa shape index (κ3) is 2.77. The van der Waals surface area contributed by atoms with Crippen LogP contribution in [0.1, 0.15) is 18.4 Å². The van der Waals surface area contributed by atoms with Gasteiger partial charge in [-0.15, -0.1) is 11.3 Å². The van der Waals surface area contributed by atoms with E-state index in [4.69, 9.17) is 16.1 Å². The monoisotopic (exact) mass is 393 g/mol. The Bertz CT molecular complexity index is 1070. The first-order chi connectivity index (χ1) is 13.6. The van der Waals surface area contributed by atoms with Crippen LogP contribution in [0.15, 0.2) is 42.7 Å². The molecule has 5 nitrogen and oxygen atoms in total. The van der Waals surface area contributed by atoms with Crippen LogP contribution >= 0.6 is 11.3 Å². The molecule has 0 atom stereocenters. The van der Waals surface area contributed by atoms with Crippen LogP contribution in [0.2, 0.25) is 0 Å². The van der Waals surface area contributed by atoms with Crippen LogP contribution in [-0.4, -0.2) is 35.4 Å². The molecule has 3 heterocycles. The Morgan fingerprint density at radius 3 is 2.75 bits per heavy atom. The van der Waals surface area contributed by atoms with Crippen LogP contribution in [0, 0.1) is 10.8 Å². The molecular weight excluding hydrogens is 373 g/mol. The standard InChI is InChI=1S/C21H20FN5S/c22-16-6-21(7-16)11-27(12-21)19-4-2-14(10-25-19)20-26-17-3-1-13(5-18(17)28-20)15(8-23)9-24/h1-5,8-10,16,23H,6-7,11-12,24H2. The molecule has 1 saturated heterocycles. The summed E-state index contributed by atoms with van der Waals surface area (Å²) in [6.07, 6.45) is 5.36. The second-order valence-electron chi connectivity index (χ2n) is 7.73. The number of pyridine rings is 1. The van der Waals surface area contributed by atoms with Crippen LogP contribution < -0.4 is 10.6 Å². The SMILES string of the molecule is N=CC(=CN)c1ccc2nc(-c3ccc(N4CC5(CC(F)C5)C4)nc3)sc2c1. The van der Waals surface area contributed by atoms with Crippen molar-refractivity contribution in [1.82, 2.24) is 9.97 Å². The largest absolute Gasteiger partial charge is 0.404 e. The van der Waals surface area contributed by atoms with Gasteiger partial charge in [0.1, 0.15) is 17.0 Å². The highest BCUT2D eigenvalue weighted by molar-refractivity contribution is 7.21. The molecule has 1 aromatic carbocycles. The molecule has 28 heavy (non-hydrogen) atoms. The zero-order valence-electron chi connectivity index (χ0n) is 15.2. The molecule has 0 radical (unpaired) electrons. The summed E-state index contributed by atoms with van der Waals surface area (Å²) in [5.74, 6) is 0.948. The molecule has 5 rings (SSSR count). The van der Waals surface area contributed by atoms with Crippen molar-refractivity contribution in [3.8, 4) is 10.6 Å². The maximum Gasteiger partial charge on any atom is 0.128 e. The van der Waals surface area contributed by atoms with Crippen molar-refractivity contribution in [2.24, 2.45) is 11.1 Å². The molecule has 0 unspecified atom stereocenters. The Labute approximate surface area is 166 Å². The van der Waals surface area contributed by atoms with E-state index >= 15 is 0 Å². The highest BCUT2D eigenvalue weighted by atomic mass is 32.1. The lowest BCUT2D eigenvalue weighted by Gasteiger charge is -2.57. The van der Waals surface area contributed by atoms with Crippen LogP contribution in [0.25, 0.3) is 26.4 Å². The average Bonchev–Trinajstić information content (AvgIpc) is 3.08. The van der Waals surface area contributed by atoms with Crippen LogP contribution in [0.4, 0.5) is 10.2 Å². The molecule has 0 bridgehead atoms. The van der Waals surface area contributed by atoms with E-state index in [0.717, 1.165) is 45.3 Å². The normalized spacial score (nSPS) is 18.9. The lowest BCUT2D eigenvalue weighted by molar-refractivity contribution is 0.000448. The summed E-state index contributed by atoms with van der Waals surface area (Å²) in [5, 5.41) is 8.37. The summed E-state index contributed by atoms with van der Waals surface area (Å²) in [5.41, 5.74) is 9.29. The highest BCUT2D eigenvalue weighted by Gasteiger charge is 2.53. The van der Waals surface area contributed by atoms with Gasteiger partial charge in [-0.3, -0.25) is 0 Å². The number of halogens is 1. The Kier molecular flexibility index (Phi) is 3.94. The van der Waals surface area contributed by atoms with Gasteiger partial charge in [0.15, 0.2) is 0 Å². The summed E-state index contributed by atoms with van der Waals surface area (Å²) in [7, 11) is 0. The smallest absolute Gasteiger partial charge is 0.128 e. The van der Waals surface area contributed by atoms with Gasteiger partial charge < -0.3 is 16.0 Å². The number of nitrogens with two attached hydrogens (primary N) is 1. The molecule has 1 saturated carbocycles. The maximum absolute atomic E-state index is 13.1. The average molecular weight is 393 g/mol. The highest BCUT2D eigenvalue weighted by Crippen LogP contribution is 2.50. The first kappa shape index (κ1) is 17.3. The lowest BCUT2D eigenvalue weighted by Crippen LogP contribution is -2.63. The fourth-order valence-corrected chi connectivity index (χ4v) is 5.21. The number of rotatable bonds is 4. The van der Waals surface area contributed by atoms with Crippen molar-refractivity contribution in [3.63, 3.8) is 0 Å². The summed E-state index contributed by atoms with van der Waals surface area (Å²) in [4.78, 5) is 11.5. The minimum atomic E-state index is -0.604. The predicted molar refractivity (Wildman–Crippen MR) is 113 cm³/mol. The van der Waals surface area contributed by atoms with Gasteiger partial charge in [-0.05, 0) is 42.7 Å². The van der Waals surface area contributed by atoms with E-state index in [1.54, 1.807) is 11.3 Å². The fourth-order valence-electron chi connectivity index (χ4n) is 4.22. The quantitative estimate of drug-likeness (QED) is 0.650. The minimum Gasteiger partial charge on any atom is -0.404 e. The number of benzene rings is 1. The number of nitrogens with zero attached hydrogens (tertiary/aromatic N) is 3. The molecule has 7 heteroatoms. The van der Waals surface area contributed by atoms with E-state index in [0.29, 0.717) is 18.4 Å². The number of alkyl halides is 1. The zero-order valence-corrected chi connectivity index (χ0v) is 16.0. The zero-order chi connectivity index (χ0) is 19.3. The molecule has 3 aromatic rings. The van der Waals surface area contributed by atoms with Gasteiger partial charge in [-0.25, -0.2) is 14.4 Å². The summed E-state index contributed by atoms with van der Waals surface area (Å²) < 4.78 is 14.2. The van der Waals surface area contributed by atoms with Gasteiger partial charge in [0.05, 0.1) is 10.2 Å². The van der Waals surface area contributed by atoms with E-state index in [1.165, 1.54) is 12.4 Å². The van der Waals surface area contributed by atoms with Gasteiger partial charge >= 0.3 is 0 Å². The Morgan fingerprint density at radius 1 is 1.29 bits per heavy atom. The third-order valence-electron chi connectivity index (χ3n) is 5.74. The van der Waals surface area contributed by atoms with Gasteiger partial charge in [0.25, 0.3) is 0 Å². The summed E-state index contributed by atoms with van der Waals surface area (Å²) in [6, 6.07) is 9.97. The number of anilines is 1. The molecule has 1 aliphatic carbocycles. The van der Waals surface area contributed by atoms with E-state index in [1.807, 2.05) is 36.5 Å². The topological polar surface area (TPSA) is 78.9 Å². The molecule has 2 aromatic heterocycles. The fraction of sp³-hybridized carbons (Fsp3) is 0.286. The Morgan fingerprint density at radius 2 is 2.11 bits per heavy atom. The van der Waals surface area contributed by atoms with Gasteiger partial charge in [0.2, 0.25) is 0 Å². The molecule has 1 spiro atoms.